The molecule has 1 N–H and O–H groups in total. The molecule has 0 bridgehead atoms. The van der Waals surface area contributed by atoms with Gasteiger partial charge in [-0.3, -0.25) is 4.79 Å². The summed E-state index contributed by atoms with van der Waals surface area (Å²) in [5, 5.41) is 9.14. The van der Waals surface area contributed by atoms with Crippen molar-refractivity contribution >= 4 is 17.6 Å². The van der Waals surface area contributed by atoms with E-state index in [-0.39, 0.29) is 16.3 Å². The zero-order valence-electron chi connectivity index (χ0n) is 8.84. The van der Waals surface area contributed by atoms with Gasteiger partial charge in [-0.25, -0.2) is 8.78 Å². The van der Waals surface area contributed by atoms with E-state index >= 15 is 0 Å². The molecule has 1 saturated carbocycles. The lowest BCUT2D eigenvalue weighted by molar-refractivity contribution is -0.143. The van der Waals surface area contributed by atoms with E-state index in [0.717, 1.165) is 0 Å². The number of ether oxygens (including phenoxy) is 1. The van der Waals surface area contributed by atoms with Gasteiger partial charge in [0.1, 0.15) is 5.75 Å². The normalized spacial score (nSPS) is 25.4. The van der Waals surface area contributed by atoms with Gasteiger partial charge in [0.05, 0.1) is 12.1 Å². The van der Waals surface area contributed by atoms with E-state index in [1.165, 1.54) is 25.3 Å². The summed E-state index contributed by atoms with van der Waals surface area (Å²) < 4.78 is 31.6. The number of hydrogen-bond donors (Lipinski definition) is 1. The van der Waals surface area contributed by atoms with Gasteiger partial charge in [0, 0.05) is 12.0 Å². The summed E-state index contributed by atoms with van der Waals surface area (Å²) in [7, 11) is 1.26. The number of carbonyl (C=O) groups is 1. The van der Waals surface area contributed by atoms with E-state index in [1.807, 2.05) is 0 Å². The Kier molecular flexibility index (Phi) is 2.54. The first-order valence-corrected chi connectivity index (χ1v) is 5.19. The van der Waals surface area contributed by atoms with Gasteiger partial charge in [0.25, 0.3) is 5.92 Å². The van der Waals surface area contributed by atoms with Crippen LogP contribution in [0.15, 0.2) is 18.2 Å². The molecule has 1 aromatic rings. The Morgan fingerprint density at radius 3 is 2.53 bits per heavy atom. The topological polar surface area (TPSA) is 46.5 Å². The van der Waals surface area contributed by atoms with Gasteiger partial charge < -0.3 is 9.84 Å². The van der Waals surface area contributed by atoms with Gasteiger partial charge in [-0.05, 0) is 6.07 Å². The minimum absolute atomic E-state index is 0.00579. The SMILES string of the molecule is COc1c(Cl)cccc1C1(C(=O)O)CC1(F)F. The van der Waals surface area contributed by atoms with Crippen LogP contribution in [0.2, 0.25) is 5.02 Å². The number of para-hydroxylation sites is 1. The largest absolute Gasteiger partial charge is 0.495 e. The van der Waals surface area contributed by atoms with Crippen molar-refractivity contribution in [2.45, 2.75) is 17.8 Å². The molecule has 1 atom stereocenters. The predicted octanol–water partition coefficient (Wildman–Crippen LogP) is 2.71. The van der Waals surface area contributed by atoms with Crippen LogP contribution in [0.5, 0.6) is 5.75 Å². The molecule has 3 nitrogen and oxygen atoms in total. The third-order valence-electron chi connectivity index (χ3n) is 2.98. The Labute approximate surface area is 101 Å². The summed E-state index contributed by atoms with van der Waals surface area (Å²) in [6.45, 7) is 0. The lowest BCUT2D eigenvalue weighted by Crippen LogP contribution is -2.27. The van der Waals surface area contributed by atoms with Gasteiger partial charge in [-0.2, -0.15) is 0 Å². The number of hydrogen-bond acceptors (Lipinski definition) is 2. The maximum atomic E-state index is 13.4. The lowest BCUT2D eigenvalue weighted by atomic mass is 9.94. The molecule has 1 aliphatic rings. The number of rotatable bonds is 3. The van der Waals surface area contributed by atoms with Crippen molar-refractivity contribution in [1.82, 2.24) is 0 Å². The highest BCUT2D eigenvalue weighted by atomic mass is 35.5. The highest BCUT2D eigenvalue weighted by Crippen LogP contribution is 2.63. The van der Waals surface area contributed by atoms with Crippen LogP contribution in [-0.4, -0.2) is 24.1 Å². The van der Waals surface area contributed by atoms with Gasteiger partial charge in [0.2, 0.25) is 0 Å². The number of benzene rings is 1. The molecule has 92 valence electrons. The second-order valence-electron chi connectivity index (χ2n) is 3.91. The molecule has 1 fully saturated rings. The predicted molar refractivity (Wildman–Crippen MR) is 56.9 cm³/mol. The van der Waals surface area contributed by atoms with Crippen LogP contribution >= 0.6 is 11.6 Å². The van der Waals surface area contributed by atoms with Crippen molar-refractivity contribution in [1.29, 1.82) is 0 Å². The second-order valence-corrected chi connectivity index (χ2v) is 4.32. The zero-order valence-corrected chi connectivity index (χ0v) is 9.59. The number of carboxylic acids is 1. The number of alkyl halides is 2. The van der Waals surface area contributed by atoms with Crippen molar-refractivity contribution in [2.24, 2.45) is 0 Å². The lowest BCUT2D eigenvalue weighted by Gasteiger charge is -2.16. The average Bonchev–Trinajstić information content (AvgIpc) is 2.83. The zero-order chi connectivity index (χ0) is 12.8. The monoisotopic (exact) mass is 262 g/mol. The van der Waals surface area contributed by atoms with Gasteiger partial charge in [0.15, 0.2) is 5.41 Å². The van der Waals surface area contributed by atoms with E-state index in [9.17, 15) is 13.6 Å². The molecule has 17 heavy (non-hydrogen) atoms. The second kappa shape index (κ2) is 3.57. The van der Waals surface area contributed by atoms with Crippen LogP contribution in [0, 0.1) is 0 Å². The molecule has 1 aromatic carbocycles. The quantitative estimate of drug-likeness (QED) is 0.911. The number of carboxylic acid groups (broad SMARTS) is 1. The Morgan fingerprint density at radius 1 is 1.53 bits per heavy atom. The van der Waals surface area contributed by atoms with Crippen LogP contribution in [0.3, 0.4) is 0 Å². The fourth-order valence-electron chi connectivity index (χ4n) is 1.98. The van der Waals surface area contributed by atoms with Gasteiger partial charge >= 0.3 is 5.97 Å². The van der Waals surface area contributed by atoms with E-state index in [1.54, 1.807) is 0 Å². The molecule has 0 heterocycles. The van der Waals surface area contributed by atoms with E-state index in [4.69, 9.17) is 21.4 Å². The van der Waals surface area contributed by atoms with Crippen LogP contribution in [-0.2, 0) is 10.2 Å². The standard InChI is InChI=1S/C11H9ClF2O3/c1-17-8-6(3-2-4-7(8)12)10(9(15)16)5-11(10,13)14/h2-4H,5H2,1H3,(H,15,16). The van der Waals surface area contributed by atoms with Gasteiger partial charge in [-0.1, -0.05) is 23.7 Å². The minimum Gasteiger partial charge on any atom is -0.495 e. The fraction of sp³-hybridized carbons (Fsp3) is 0.364. The van der Waals surface area contributed by atoms with Gasteiger partial charge in [-0.15, -0.1) is 0 Å². The highest BCUT2D eigenvalue weighted by Gasteiger charge is 2.78. The number of halogens is 3. The summed E-state index contributed by atoms with van der Waals surface area (Å²) in [5.41, 5.74) is -2.28. The maximum absolute atomic E-state index is 13.4. The van der Waals surface area contributed by atoms with Crippen molar-refractivity contribution < 1.29 is 23.4 Å². The van der Waals surface area contributed by atoms with Crippen LogP contribution in [0.1, 0.15) is 12.0 Å². The van der Waals surface area contributed by atoms with Crippen LogP contribution < -0.4 is 4.74 Å². The molecule has 0 radical (unpaired) electrons. The smallest absolute Gasteiger partial charge is 0.320 e. The molecule has 1 aliphatic carbocycles. The number of aliphatic carboxylic acids is 1. The molecular formula is C11H9ClF2O3. The third kappa shape index (κ3) is 1.49. The average molecular weight is 263 g/mol. The Balaban J connectivity index is 2.62. The Hall–Kier alpha value is -1.36. The molecule has 6 heteroatoms. The van der Waals surface area contributed by atoms with E-state index < -0.39 is 23.7 Å². The molecule has 0 aliphatic heterocycles. The first-order valence-electron chi connectivity index (χ1n) is 4.81. The molecule has 0 spiro atoms. The van der Waals surface area contributed by atoms with E-state index in [2.05, 4.69) is 0 Å². The molecular weight excluding hydrogens is 254 g/mol. The third-order valence-corrected chi connectivity index (χ3v) is 3.28. The highest BCUT2D eigenvalue weighted by molar-refractivity contribution is 6.32. The van der Waals surface area contributed by atoms with Crippen molar-refractivity contribution in [3.8, 4) is 5.75 Å². The maximum Gasteiger partial charge on any atom is 0.320 e. The first kappa shape index (κ1) is 12.1. The minimum atomic E-state index is -3.27. The van der Waals surface area contributed by atoms with E-state index in [0.29, 0.717) is 0 Å². The van der Waals surface area contributed by atoms with Crippen LogP contribution in [0.4, 0.5) is 8.78 Å². The summed E-state index contributed by atoms with van der Waals surface area (Å²) in [4.78, 5) is 11.1. The molecule has 0 aromatic heterocycles. The van der Waals surface area contributed by atoms with Crippen molar-refractivity contribution in [3.05, 3.63) is 28.8 Å². The first-order chi connectivity index (χ1) is 7.87. The van der Waals surface area contributed by atoms with Crippen LogP contribution in [0.25, 0.3) is 0 Å². The Morgan fingerprint density at radius 2 is 2.12 bits per heavy atom. The molecule has 2 rings (SSSR count). The summed E-state index contributed by atoms with van der Waals surface area (Å²) in [6.07, 6.45) is -0.730. The summed E-state index contributed by atoms with van der Waals surface area (Å²) in [5.74, 6) is -4.84. The van der Waals surface area contributed by atoms with Crippen molar-refractivity contribution in [3.63, 3.8) is 0 Å². The summed E-state index contributed by atoms with van der Waals surface area (Å²) in [6, 6.07) is 4.19. The molecule has 0 saturated heterocycles. The Bertz CT molecular complexity index is 490. The fourth-order valence-corrected chi connectivity index (χ4v) is 2.23. The van der Waals surface area contributed by atoms with Crippen molar-refractivity contribution in [2.75, 3.05) is 7.11 Å². The number of methoxy groups -OCH3 is 1. The molecule has 1 unspecified atom stereocenters. The molecule has 0 amide bonds. The summed E-state index contributed by atoms with van der Waals surface area (Å²) >= 11 is 5.80.